The van der Waals surface area contributed by atoms with Crippen molar-refractivity contribution < 1.29 is 38.4 Å². The normalized spacial score (nSPS) is 21.1. The predicted octanol–water partition coefficient (Wildman–Crippen LogP) is 2.28. The zero-order valence-electron chi connectivity index (χ0n) is 18.0. The molecule has 31 heavy (non-hydrogen) atoms. The van der Waals surface area contributed by atoms with E-state index in [1.165, 1.54) is 21.9 Å². The maximum Gasteiger partial charge on any atom is 0.414 e. The zero-order chi connectivity index (χ0) is 22.8. The number of carbonyl (C=O) groups excluding carboxylic acids is 2. The predicted molar refractivity (Wildman–Crippen MR) is 109 cm³/mol. The number of hydrogen-bond donors (Lipinski definition) is 2. The molecule has 10 heteroatoms. The van der Waals surface area contributed by atoms with Crippen LogP contribution in [0.1, 0.15) is 33.6 Å². The van der Waals surface area contributed by atoms with Crippen LogP contribution in [0.2, 0.25) is 0 Å². The van der Waals surface area contributed by atoms with E-state index in [2.05, 4.69) is 0 Å². The molecule has 0 bridgehead atoms. The van der Waals surface area contributed by atoms with E-state index in [1.54, 1.807) is 20.8 Å². The summed E-state index contributed by atoms with van der Waals surface area (Å²) in [5.41, 5.74) is -1.51. The minimum atomic E-state index is -1.20. The molecule has 2 heterocycles. The molecule has 1 unspecified atom stereocenters. The lowest BCUT2D eigenvalue weighted by molar-refractivity contribution is -0.0566. The van der Waals surface area contributed by atoms with Gasteiger partial charge in [-0.2, -0.15) is 0 Å². The molecule has 9 nitrogen and oxygen atoms in total. The number of aliphatic hydroxyl groups is 2. The Morgan fingerprint density at radius 1 is 1.32 bits per heavy atom. The van der Waals surface area contributed by atoms with Crippen molar-refractivity contribution in [3.05, 3.63) is 24.0 Å². The first-order valence-electron chi connectivity index (χ1n) is 10.2. The van der Waals surface area contributed by atoms with E-state index in [1.807, 2.05) is 0 Å². The first-order chi connectivity index (χ1) is 14.5. The largest absolute Gasteiger partial charge is 0.488 e. The lowest BCUT2D eigenvalue weighted by atomic mass is 9.92. The number of halogens is 1. The molecule has 1 aromatic rings. The summed E-state index contributed by atoms with van der Waals surface area (Å²) in [5, 5.41) is 19.9. The van der Waals surface area contributed by atoms with Crippen molar-refractivity contribution in [1.82, 2.24) is 4.90 Å². The summed E-state index contributed by atoms with van der Waals surface area (Å²) in [7, 11) is 0. The van der Waals surface area contributed by atoms with Gasteiger partial charge in [0.25, 0.3) is 0 Å². The molecular weight excluding hydrogens is 411 g/mol. The van der Waals surface area contributed by atoms with Gasteiger partial charge in [0, 0.05) is 19.2 Å². The zero-order valence-corrected chi connectivity index (χ0v) is 18.0. The van der Waals surface area contributed by atoms with Crippen LogP contribution in [-0.2, 0) is 9.47 Å². The van der Waals surface area contributed by atoms with Gasteiger partial charge in [-0.1, -0.05) is 0 Å². The lowest BCUT2D eigenvalue weighted by Crippen LogP contribution is -2.50. The lowest BCUT2D eigenvalue weighted by Gasteiger charge is -2.38. The number of piperidine rings is 1. The second-order valence-electron chi connectivity index (χ2n) is 8.89. The first kappa shape index (κ1) is 23.1. The molecule has 2 aliphatic rings. The Labute approximate surface area is 180 Å². The highest BCUT2D eigenvalue weighted by Gasteiger charge is 2.36. The topological polar surface area (TPSA) is 109 Å². The van der Waals surface area contributed by atoms with Crippen LogP contribution in [0.3, 0.4) is 0 Å². The highest BCUT2D eigenvalue weighted by molar-refractivity contribution is 5.89. The summed E-state index contributed by atoms with van der Waals surface area (Å²) in [6, 6.07) is 4.03. The Balaban J connectivity index is 1.54. The number of aliphatic hydroxyl groups excluding tert-OH is 1. The van der Waals surface area contributed by atoms with Crippen LogP contribution < -0.4 is 9.64 Å². The Kier molecular flexibility index (Phi) is 6.61. The number of hydrogen-bond acceptors (Lipinski definition) is 7. The summed E-state index contributed by atoms with van der Waals surface area (Å²) < 4.78 is 30.3. The molecule has 172 valence electrons. The van der Waals surface area contributed by atoms with E-state index in [4.69, 9.17) is 19.3 Å². The van der Waals surface area contributed by atoms with Crippen molar-refractivity contribution in [2.24, 2.45) is 0 Å². The Bertz CT molecular complexity index is 818. The summed E-state index contributed by atoms with van der Waals surface area (Å²) in [5.74, 6) is -0.745. The van der Waals surface area contributed by atoms with Crippen molar-refractivity contribution in [3.63, 3.8) is 0 Å². The van der Waals surface area contributed by atoms with Crippen LogP contribution in [0.15, 0.2) is 18.2 Å². The van der Waals surface area contributed by atoms with Crippen molar-refractivity contribution in [2.45, 2.75) is 50.9 Å². The van der Waals surface area contributed by atoms with Crippen molar-refractivity contribution in [1.29, 1.82) is 0 Å². The monoisotopic (exact) mass is 440 g/mol. The highest BCUT2D eigenvalue weighted by atomic mass is 19.1. The number of benzene rings is 1. The summed E-state index contributed by atoms with van der Waals surface area (Å²) in [6.45, 7) is 5.66. The Morgan fingerprint density at radius 2 is 2.00 bits per heavy atom. The SMILES string of the molecule is CC(C)(C)OC(=O)N1CCC(O)(COc2ccc(N3CC(CO)OC3=O)cc2F)CC1. The summed E-state index contributed by atoms with van der Waals surface area (Å²) in [4.78, 5) is 26.7. The Hall–Kier alpha value is -2.59. The maximum atomic E-state index is 14.5. The number of carbonyl (C=O) groups is 2. The Morgan fingerprint density at radius 3 is 2.55 bits per heavy atom. The molecule has 2 amide bonds. The van der Waals surface area contributed by atoms with E-state index >= 15 is 0 Å². The van der Waals surface area contributed by atoms with Crippen LogP contribution in [0.25, 0.3) is 0 Å². The third-order valence-corrected chi connectivity index (χ3v) is 5.15. The number of rotatable bonds is 5. The van der Waals surface area contributed by atoms with Crippen LogP contribution in [0, 0.1) is 5.82 Å². The van der Waals surface area contributed by atoms with Crippen LogP contribution in [-0.4, -0.2) is 77.5 Å². The van der Waals surface area contributed by atoms with Gasteiger partial charge in [0.1, 0.15) is 23.9 Å². The standard InChI is InChI=1S/C21H29FN2O7/c1-20(2,3)31-18(26)23-8-6-21(28,7-9-23)13-29-17-5-4-14(10-16(17)22)24-11-15(12-25)30-19(24)27/h4-5,10,15,25,28H,6-9,11-13H2,1-3H3. The first-order valence-corrected chi connectivity index (χ1v) is 10.2. The van der Waals surface area contributed by atoms with Gasteiger partial charge in [0.05, 0.1) is 18.8 Å². The second kappa shape index (κ2) is 8.88. The highest BCUT2D eigenvalue weighted by Crippen LogP contribution is 2.29. The molecule has 2 aliphatic heterocycles. The number of likely N-dealkylation sites (tertiary alicyclic amines) is 1. The summed E-state index contributed by atoms with van der Waals surface area (Å²) in [6.07, 6.45) is -1.19. The number of nitrogens with zero attached hydrogens (tertiary/aromatic N) is 2. The fourth-order valence-corrected chi connectivity index (χ4v) is 3.39. The third kappa shape index (κ3) is 5.76. The van der Waals surface area contributed by atoms with Gasteiger partial charge in [0.2, 0.25) is 0 Å². The number of anilines is 1. The number of ether oxygens (including phenoxy) is 3. The molecule has 1 aromatic carbocycles. The minimum absolute atomic E-state index is 0.0574. The van der Waals surface area contributed by atoms with E-state index < -0.39 is 35.3 Å². The third-order valence-electron chi connectivity index (χ3n) is 5.15. The number of cyclic esters (lactones) is 1. The maximum absolute atomic E-state index is 14.5. The van der Waals surface area contributed by atoms with E-state index in [-0.39, 0.29) is 44.0 Å². The average Bonchev–Trinajstić information content (AvgIpc) is 3.07. The molecule has 2 fully saturated rings. The molecule has 0 aromatic heterocycles. The van der Waals surface area contributed by atoms with Gasteiger partial charge in [-0.3, -0.25) is 4.90 Å². The van der Waals surface area contributed by atoms with Crippen LogP contribution in [0.5, 0.6) is 5.75 Å². The smallest absolute Gasteiger partial charge is 0.414 e. The fourth-order valence-electron chi connectivity index (χ4n) is 3.39. The van der Waals surface area contributed by atoms with E-state index in [0.29, 0.717) is 13.1 Å². The van der Waals surface area contributed by atoms with Gasteiger partial charge in [0.15, 0.2) is 11.6 Å². The molecule has 2 saturated heterocycles. The van der Waals surface area contributed by atoms with Crippen molar-refractivity contribution >= 4 is 17.9 Å². The van der Waals surface area contributed by atoms with Gasteiger partial charge < -0.3 is 29.3 Å². The summed E-state index contributed by atoms with van der Waals surface area (Å²) >= 11 is 0. The van der Waals surface area contributed by atoms with E-state index in [0.717, 1.165) is 6.07 Å². The van der Waals surface area contributed by atoms with Crippen LogP contribution in [0.4, 0.5) is 19.7 Å². The second-order valence-corrected chi connectivity index (χ2v) is 8.89. The molecule has 0 spiro atoms. The molecule has 0 aliphatic carbocycles. The molecule has 2 N–H and O–H groups in total. The molecule has 3 rings (SSSR count). The molecule has 0 saturated carbocycles. The quantitative estimate of drug-likeness (QED) is 0.723. The van der Waals surface area contributed by atoms with Gasteiger partial charge >= 0.3 is 12.2 Å². The molecule has 1 atom stereocenters. The van der Waals surface area contributed by atoms with Gasteiger partial charge in [-0.15, -0.1) is 0 Å². The molecule has 0 radical (unpaired) electrons. The minimum Gasteiger partial charge on any atom is -0.488 e. The van der Waals surface area contributed by atoms with Crippen molar-refractivity contribution in [2.75, 3.05) is 37.7 Å². The fraction of sp³-hybridized carbons (Fsp3) is 0.619. The van der Waals surface area contributed by atoms with Crippen molar-refractivity contribution in [3.8, 4) is 5.75 Å². The van der Waals surface area contributed by atoms with Gasteiger partial charge in [-0.25, -0.2) is 14.0 Å². The average molecular weight is 440 g/mol. The van der Waals surface area contributed by atoms with Crippen LogP contribution >= 0.6 is 0 Å². The van der Waals surface area contributed by atoms with Gasteiger partial charge in [-0.05, 0) is 45.7 Å². The number of amides is 2. The van der Waals surface area contributed by atoms with E-state index in [9.17, 15) is 19.1 Å². The molecular formula is C21H29FN2O7.